The Morgan fingerprint density at radius 2 is 2.15 bits per heavy atom. The van der Waals surface area contributed by atoms with E-state index in [2.05, 4.69) is 17.1 Å². The van der Waals surface area contributed by atoms with Gasteiger partial charge >= 0.3 is 5.97 Å². The molecule has 2 fully saturated rings. The number of nitrogens with one attached hydrogen (secondary N) is 1. The summed E-state index contributed by atoms with van der Waals surface area (Å²) >= 11 is 0. The Kier molecular flexibility index (Phi) is 5.81. The molecule has 20 heavy (non-hydrogen) atoms. The third kappa shape index (κ3) is 3.51. The van der Waals surface area contributed by atoms with E-state index in [1.54, 1.807) is 0 Å². The molecule has 0 radical (unpaired) electrons. The third-order valence-corrected chi connectivity index (χ3v) is 4.43. The molecular weight excluding hydrogens is 256 g/mol. The summed E-state index contributed by atoms with van der Waals surface area (Å²) in [4.78, 5) is 14.8. The first kappa shape index (κ1) is 15.7. The Hall–Kier alpha value is -0.650. The van der Waals surface area contributed by atoms with Gasteiger partial charge in [-0.1, -0.05) is 6.92 Å². The van der Waals surface area contributed by atoms with Crippen molar-refractivity contribution >= 4 is 5.97 Å². The molecule has 5 nitrogen and oxygen atoms in total. The molecule has 1 N–H and O–H groups in total. The molecule has 0 aromatic carbocycles. The fourth-order valence-electron chi connectivity index (χ4n) is 3.33. The summed E-state index contributed by atoms with van der Waals surface area (Å²) in [7, 11) is 0. The van der Waals surface area contributed by atoms with E-state index in [0.717, 1.165) is 58.5 Å². The minimum absolute atomic E-state index is 0.0655. The van der Waals surface area contributed by atoms with Crippen LogP contribution in [0.15, 0.2) is 0 Å². The maximum atomic E-state index is 12.4. The number of carbonyl (C=O) groups is 1. The van der Waals surface area contributed by atoms with Crippen molar-refractivity contribution in [3.05, 3.63) is 0 Å². The van der Waals surface area contributed by atoms with Crippen molar-refractivity contribution in [2.24, 2.45) is 0 Å². The number of hydrogen-bond donors (Lipinski definition) is 1. The predicted molar refractivity (Wildman–Crippen MR) is 77.7 cm³/mol. The second kappa shape index (κ2) is 7.38. The molecule has 1 aliphatic heterocycles. The smallest absolute Gasteiger partial charge is 0.326 e. The lowest BCUT2D eigenvalue weighted by atomic mass is 9.96. The number of morpholine rings is 1. The van der Waals surface area contributed by atoms with Crippen LogP contribution < -0.4 is 5.32 Å². The van der Waals surface area contributed by atoms with Crippen molar-refractivity contribution in [2.45, 2.75) is 51.1 Å². The second-order valence-electron chi connectivity index (χ2n) is 5.77. The van der Waals surface area contributed by atoms with Crippen LogP contribution in [0.3, 0.4) is 0 Å². The maximum absolute atomic E-state index is 12.4. The third-order valence-electron chi connectivity index (χ3n) is 4.43. The minimum Gasteiger partial charge on any atom is -0.465 e. The zero-order valence-corrected chi connectivity index (χ0v) is 12.8. The van der Waals surface area contributed by atoms with Gasteiger partial charge in [0.25, 0.3) is 0 Å². The van der Waals surface area contributed by atoms with Crippen LogP contribution in [0.2, 0.25) is 0 Å². The molecule has 0 amide bonds. The molecule has 2 atom stereocenters. The van der Waals surface area contributed by atoms with Crippen molar-refractivity contribution in [1.82, 2.24) is 10.2 Å². The van der Waals surface area contributed by atoms with Crippen LogP contribution in [0.4, 0.5) is 0 Å². The Bertz CT molecular complexity index is 318. The summed E-state index contributed by atoms with van der Waals surface area (Å²) in [5, 5.41) is 3.47. The van der Waals surface area contributed by atoms with Crippen molar-refractivity contribution in [1.29, 1.82) is 0 Å². The van der Waals surface area contributed by atoms with E-state index in [-0.39, 0.29) is 5.97 Å². The maximum Gasteiger partial charge on any atom is 0.326 e. The van der Waals surface area contributed by atoms with E-state index in [4.69, 9.17) is 9.47 Å². The highest BCUT2D eigenvalue weighted by atomic mass is 16.5. The van der Waals surface area contributed by atoms with Gasteiger partial charge < -0.3 is 14.8 Å². The van der Waals surface area contributed by atoms with Crippen LogP contribution in [-0.4, -0.2) is 61.9 Å². The Morgan fingerprint density at radius 1 is 1.40 bits per heavy atom. The number of esters is 1. The number of carbonyl (C=O) groups excluding carboxylic acids is 1. The SMILES string of the molecule is CCCNC1(C(=O)OCC)CCC(N2CCOCC2)C1. The van der Waals surface area contributed by atoms with Gasteiger partial charge in [0, 0.05) is 19.1 Å². The summed E-state index contributed by atoms with van der Waals surface area (Å²) in [6, 6.07) is 0.479. The van der Waals surface area contributed by atoms with Crippen molar-refractivity contribution in [3.63, 3.8) is 0 Å². The molecule has 2 aliphatic rings. The Morgan fingerprint density at radius 3 is 2.80 bits per heavy atom. The molecule has 1 saturated heterocycles. The lowest BCUT2D eigenvalue weighted by Crippen LogP contribution is -2.53. The van der Waals surface area contributed by atoms with E-state index in [1.807, 2.05) is 6.92 Å². The van der Waals surface area contributed by atoms with E-state index in [0.29, 0.717) is 12.6 Å². The molecule has 0 aromatic heterocycles. The molecule has 1 saturated carbocycles. The predicted octanol–water partition coefficient (Wildman–Crippen LogP) is 1.17. The molecule has 5 heteroatoms. The highest BCUT2D eigenvalue weighted by Gasteiger charge is 2.47. The topological polar surface area (TPSA) is 50.8 Å². The Balaban J connectivity index is 1.99. The summed E-state index contributed by atoms with van der Waals surface area (Å²) < 4.78 is 10.7. The highest BCUT2D eigenvalue weighted by Crippen LogP contribution is 2.34. The van der Waals surface area contributed by atoms with Crippen LogP contribution in [0.1, 0.15) is 39.5 Å². The number of ether oxygens (including phenoxy) is 2. The molecule has 0 spiro atoms. The van der Waals surface area contributed by atoms with Gasteiger partial charge in [-0.05, 0) is 39.2 Å². The van der Waals surface area contributed by atoms with Gasteiger partial charge in [0.2, 0.25) is 0 Å². The fourth-order valence-corrected chi connectivity index (χ4v) is 3.33. The molecule has 1 aliphatic carbocycles. The zero-order chi connectivity index (χ0) is 14.4. The van der Waals surface area contributed by atoms with Gasteiger partial charge in [0.1, 0.15) is 5.54 Å². The zero-order valence-electron chi connectivity index (χ0n) is 12.8. The highest BCUT2D eigenvalue weighted by molar-refractivity contribution is 5.81. The molecule has 2 unspecified atom stereocenters. The first-order valence-electron chi connectivity index (χ1n) is 7.96. The van der Waals surface area contributed by atoms with Crippen molar-refractivity contribution in [2.75, 3.05) is 39.5 Å². The van der Waals surface area contributed by atoms with Gasteiger partial charge in [-0.2, -0.15) is 0 Å². The normalized spacial score (nSPS) is 31.4. The van der Waals surface area contributed by atoms with Gasteiger partial charge in [0.05, 0.1) is 19.8 Å². The minimum atomic E-state index is -0.463. The summed E-state index contributed by atoms with van der Waals surface area (Å²) in [6.45, 7) is 8.91. The van der Waals surface area contributed by atoms with Crippen molar-refractivity contribution in [3.8, 4) is 0 Å². The standard InChI is InChI=1S/C15H28N2O3/c1-3-7-16-15(14(18)20-4-2)6-5-13(12-15)17-8-10-19-11-9-17/h13,16H,3-12H2,1-2H3. The molecule has 0 bridgehead atoms. The van der Waals surface area contributed by atoms with Crippen molar-refractivity contribution < 1.29 is 14.3 Å². The molecule has 2 rings (SSSR count). The monoisotopic (exact) mass is 284 g/mol. The first-order chi connectivity index (χ1) is 9.72. The Labute approximate surface area is 122 Å². The van der Waals surface area contributed by atoms with Crippen LogP contribution >= 0.6 is 0 Å². The first-order valence-corrected chi connectivity index (χ1v) is 7.96. The van der Waals surface area contributed by atoms with Crippen LogP contribution in [0.25, 0.3) is 0 Å². The summed E-state index contributed by atoms with van der Waals surface area (Å²) in [6.07, 6.45) is 3.85. The number of rotatable bonds is 6. The average molecular weight is 284 g/mol. The van der Waals surface area contributed by atoms with Crippen LogP contribution in [0, 0.1) is 0 Å². The molecular formula is C15H28N2O3. The number of nitrogens with zero attached hydrogens (tertiary/aromatic N) is 1. The molecule has 1 heterocycles. The average Bonchev–Trinajstić information content (AvgIpc) is 2.92. The van der Waals surface area contributed by atoms with Crippen LogP contribution in [0.5, 0.6) is 0 Å². The van der Waals surface area contributed by atoms with Crippen LogP contribution in [-0.2, 0) is 14.3 Å². The summed E-state index contributed by atoms with van der Waals surface area (Å²) in [5.74, 6) is -0.0655. The van der Waals surface area contributed by atoms with Gasteiger partial charge in [0.15, 0.2) is 0 Å². The van der Waals surface area contributed by atoms with E-state index >= 15 is 0 Å². The fraction of sp³-hybridized carbons (Fsp3) is 0.933. The number of hydrogen-bond acceptors (Lipinski definition) is 5. The second-order valence-corrected chi connectivity index (χ2v) is 5.77. The molecule has 116 valence electrons. The molecule has 0 aromatic rings. The lowest BCUT2D eigenvalue weighted by molar-refractivity contribution is -0.151. The van der Waals surface area contributed by atoms with E-state index in [9.17, 15) is 4.79 Å². The summed E-state index contributed by atoms with van der Waals surface area (Å²) in [5.41, 5.74) is -0.463. The van der Waals surface area contributed by atoms with E-state index in [1.165, 1.54) is 0 Å². The van der Waals surface area contributed by atoms with Gasteiger partial charge in [-0.15, -0.1) is 0 Å². The van der Waals surface area contributed by atoms with Gasteiger partial charge in [-0.25, -0.2) is 0 Å². The quantitative estimate of drug-likeness (QED) is 0.742. The largest absolute Gasteiger partial charge is 0.465 e. The van der Waals surface area contributed by atoms with E-state index < -0.39 is 5.54 Å². The lowest BCUT2D eigenvalue weighted by Gasteiger charge is -2.34. The van der Waals surface area contributed by atoms with Gasteiger partial charge in [-0.3, -0.25) is 9.69 Å².